The number of hydrogen-bond donors (Lipinski definition) is 1. The number of aromatic nitrogens is 4. The summed E-state index contributed by atoms with van der Waals surface area (Å²) in [5.74, 6) is 0.891. The Hall–Kier alpha value is -1.62. The lowest BCUT2D eigenvalue weighted by Crippen LogP contribution is -2.18. The van der Waals surface area contributed by atoms with Gasteiger partial charge in [-0.05, 0) is 12.1 Å². The molecule has 86 valence electrons. The van der Waals surface area contributed by atoms with Gasteiger partial charge in [0.1, 0.15) is 6.33 Å². The Morgan fingerprint density at radius 2 is 2.25 bits per heavy atom. The number of hydrogen-bond acceptors (Lipinski definition) is 3. The van der Waals surface area contributed by atoms with Crippen LogP contribution in [0.15, 0.2) is 24.7 Å². The highest BCUT2D eigenvalue weighted by Gasteiger charge is 1.99. The molecule has 0 aliphatic heterocycles. The van der Waals surface area contributed by atoms with Gasteiger partial charge in [-0.15, -0.1) is 0 Å². The maximum Gasteiger partial charge on any atom is 0.151 e. The van der Waals surface area contributed by atoms with Crippen molar-refractivity contribution in [1.29, 1.82) is 0 Å². The summed E-state index contributed by atoms with van der Waals surface area (Å²) >= 11 is 0. The van der Waals surface area contributed by atoms with Crippen LogP contribution in [0, 0.1) is 0 Å². The van der Waals surface area contributed by atoms with Gasteiger partial charge in [0.25, 0.3) is 0 Å². The first-order valence-electron chi connectivity index (χ1n) is 5.41. The van der Waals surface area contributed by atoms with Crippen LogP contribution in [-0.2, 0) is 27.1 Å². The SMILES string of the molecule is Cn1cnc(CCNCc2cccn2C)n1. The molecule has 16 heavy (non-hydrogen) atoms. The molecule has 5 nitrogen and oxygen atoms in total. The molecule has 0 spiro atoms. The van der Waals surface area contributed by atoms with Crippen LogP contribution in [0.5, 0.6) is 0 Å². The molecular formula is C11H17N5. The van der Waals surface area contributed by atoms with Crippen molar-refractivity contribution in [3.63, 3.8) is 0 Å². The van der Waals surface area contributed by atoms with Gasteiger partial charge in [0.15, 0.2) is 5.82 Å². The fourth-order valence-corrected chi connectivity index (χ4v) is 1.60. The van der Waals surface area contributed by atoms with Crippen molar-refractivity contribution in [1.82, 2.24) is 24.6 Å². The summed E-state index contributed by atoms with van der Waals surface area (Å²) in [4.78, 5) is 4.17. The van der Waals surface area contributed by atoms with Gasteiger partial charge in [-0.25, -0.2) is 4.98 Å². The van der Waals surface area contributed by atoms with Gasteiger partial charge in [-0.2, -0.15) is 5.10 Å². The van der Waals surface area contributed by atoms with E-state index in [2.05, 4.69) is 45.3 Å². The van der Waals surface area contributed by atoms with Gasteiger partial charge in [0.2, 0.25) is 0 Å². The normalized spacial score (nSPS) is 10.9. The number of nitrogens with zero attached hydrogens (tertiary/aromatic N) is 4. The van der Waals surface area contributed by atoms with E-state index in [0.717, 1.165) is 25.3 Å². The molecule has 2 aromatic heterocycles. The Labute approximate surface area is 95.1 Å². The van der Waals surface area contributed by atoms with Crippen molar-refractivity contribution < 1.29 is 0 Å². The van der Waals surface area contributed by atoms with Crippen LogP contribution in [-0.4, -0.2) is 25.9 Å². The lowest BCUT2D eigenvalue weighted by molar-refractivity contribution is 0.637. The standard InChI is InChI=1S/C11H17N5/c1-15-7-3-4-10(15)8-12-6-5-11-13-9-16(2)14-11/h3-4,7,9,12H,5-6,8H2,1-2H3. The number of nitrogens with one attached hydrogen (secondary N) is 1. The van der Waals surface area contributed by atoms with Crippen molar-refractivity contribution in [3.05, 3.63) is 36.2 Å². The fourth-order valence-electron chi connectivity index (χ4n) is 1.60. The minimum atomic E-state index is 0.866. The van der Waals surface area contributed by atoms with E-state index in [9.17, 15) is 0 Å². The molecule has 0 saturated heterocycles. The van der Waals surface area contributed by atoms with Crippen LogP contribution in [0.3, 0.4) is 0 Å². The quantitative estimate of drug-likeness (QED) is 0.744. The minimum Gasteiger partial charge on any atom is -0.353 e. The Morgan fingerprint density at radius 1 is 1.38 bits per heavy atom. The molecule has 0 aliphatic rings. The van der Waals surface area contributed by atoms with Crippen molar-refractivity contribution in [3.8, 4) is 0 Å². The molecule has 0 saturated carbocycles. The molecule has 0 aliphatic carbocycles. The van der Waals surface area contributed by atoms with Crippen molar-refractivity contribution in [2.45, 2.75) is 13.0 Å². The van der Waals surface area contributed by atoms with E-state index < -0.39 is 0 Å². The third kappa shape index (κ3) is 2.70. The fraction of sp³-hybridized carbons (Fsp3) is 0.455. The molecule has 2 rings (SSSR count). The smallest absolute Gasteiger partial charge is 0.151 e. The van der Waals surface area contributed by atoms with Crippen LogP contribution < -0.4 is 5.32 Å². The zero-order valence-corrected chi connectivity index (χ0v) is 9.72. The van der Waals surface area contributed by atoms with Crippen LogP contribution in [0.4, 0.5) is 0 Å². The Morgan fingerprint density at radius 3 is 2.88 bits per heavy atom. The first kappa shape index (κ1) is 10.9. The van der Waals surface area contributed by atoms with Gasteiger partial charge in [0.05, 0.1) is 0 Å². The highest BCUT2D eigenvalue weighted by Crippen LogP contribution is 1.98. The van der Waals surface area contributed by atoms with E-state index in [-0.39, 0.29) is 0 Å². The second kappa shape index (κ2) is 4.94. The van der Waals surface area contributed by atoms with Crippen LogP contribution >= 0.6 is 0 Å². The molecule has 5 heteroatoms. The maximum absolute atomic E-state index is 4.22. The Kier molecular flexibility index (Phi) is 3.36. The molecular weight excluding hydrogens is 202 g/mol. The lowest BCUT2D eigenvalue weighted by Gasteiger charge is -2.04. The highest BCUT2D eigenvalue weighted by molar-refractivity contribution is 5.05. The van der Waals surface area contributed by atoms with E-state index in [1.165, 1.54) is 5.69 Å². The molecule has 2 aromatic rings. The summed E-state index contributed by atoms with van der Waals surface area (Å²) in [5, 5.41) is 7.60. The summed E-state index contributed by atoms with van der Waals surface area (Å²) in [6.07, 6.45) is 4.65. The second-order valence-electron chi connectivity index (χ2n) is 3.87. The molecule has 2 heterocycles. The molecule has 0 bridgehead atoms. The number of aryl methyl sites for hydroxylation is 2. The monoisotopic (exact) mass is 219 g/mol. The van der Waals surface area contributed by atoms with Crippen LogP contribution in [0.2, 0.25) is 0 Å². The van der Waals surface area contributed by atoms with E-state index in [4.69, 9.17) is 0 Å². The maximum atomic E-state index is 4.22. The Balaban J connectivity index is 1.71. The Bertz CT molecular complexity index is 443. The van der Waals surface area contributed by atoms with E-state index in [0.29, 0.717) is 0 Å². The average Bonchev–Trinajstić information content (AvgIpc) is 2.83. The minimum absolute atomic E-state index is 0.866. The van der Waals surface area contributed by atoms with Gasteiger partial charge >= 0.3 is 0 Å². The van der Waals surface area contributed by atoms with Crippen molar-refractivity contribution >= 4 is 0 Å². The molecule has 0 radical (unpaired) electrons. The van der Waals surface area contributed by atoms with E-state index >= 15 is 0 Å². The first-order valence-corrected chi connectivity index (χ1v) is 5.41. The van der Waals surface area contributed by atoms with Gasteiger partial charge in [0, 0.05) is 45.5 Å². The predicted octanol–water partition coefficient (Wildman–Crippen LogP) is 0.486. The van der Waals surface area contributed by atoms with Crippen LogP contribution in [0.25, 0.3) is 0 Å². The van der Waals surface area contributed by atoms with Crippen molar-refractivity contribution in [2.24, 2.45) is 14.1 Å². The molecule has 0 amide bonds. The molecule has 1 N–H and O–H groups in total. The predicted molar refractivity (Wildman–Crippen MR) is 61.8 cm³/mol. The average molecular weight is 219 g/mol. The van der Waals surface area contributed by atoms with Gasteiger partial charge < -0.3 is 9.88 Å². The molecule has 0 atom stereocenters. The first-order chi connectivity index (χ1) is 7.75. The molecule has 0 fully saturated rings. The topological polar surface area (TPSA) is 47.7 Å². The highest BCUT2D eigenvalue weighted by atomic mass is 15.3. The summed E-state index contributed by atoms with van der Waals surface area (Å²) in [7, 11) is 3.94. The van der Waals surface area contributed by atoms with Crippen LogP contribution in [0.1, 0.15) is 11.5 Å². The molecule has 0 unspecified atom stereocenters. The second-order valence-corrected chi connectivity index (χ2v) is 3.87. The summed E-state index contributed by atoms with van der Waals surface area (Å²) < 4.78 is 3.85. The van der Waals surface area contributed by atoms with Crippen molar-refractivity contribution in [2.75, 3.05) is 6.54 Å². The van der Waals surface area contributed by atoms with E-state index in [1.54, 1.807) is 11.0 Å². The van der Waals surface area contributed by atoms with Gasteiger partial charge in [-0.1, -0.05) is 0 Å². The molecule has 0 aromatic carbocycles. The number of rotatable bonds is 5. The third-order valence-corrected chi connectivity index (χ3v) is 2.53. The largest absolute Gasteiger partial charge is 0.353 e. The zero-order chi connectivity index (χ0) is 11.4. The third-order valence-electron chi connectivity index (χ3n) is 2.53. The van der Waals surface area contributed by atoms with E-state index in [1.807, 2.05) is 7.05 Å². The summed E-state index contributed by atoms with van der Waals surface area (Å²) in [6, 6.07) is 4.17. The summed E-state index contributed by atoms with van der Waals surface area (Å²) in [5.41, 5.74) is 1.29. The summed E-state index contributed by atoms with van der Waals surface area (Å²) in [6.45, 7) is 1.78. The zero-order valence-electron chi connectivity index (χ0n) is 9.72. The van der Waals surface area contributed by atoms with Gasteiger partial charge in [-0.3, -0.25) is 4.68 Å². The lowest BCUT2D eigenvalue weighted by atomic mass is 10.3.